The molecule has 0 radical (unpaired) electrons. The van der Waals surface area contributed by atoms with Gasteiger partial charge in [-0.25, -0.2) is 4.98 Å². The molecule has 0 aliphatic carbocycles. The van der Waals surface area contributed by atoms with Gasteiger partial charge in [0.1, 0.15) is 6.26 Å². The molecule has 0 atom stereocenters. The predicted molar refractivity (Wildman–Crippen MR) is 76.7 cm³/mol. The molecule has 0 spiro atoms. The fourth-order valence-corrected chi connectivity index (χ4v) is 2.57. The van der Waals surface area contributed by atoms with Gasteiger partial charge >= 0.3 is 6.18 Å². The zero-order chi connectivity index (χ0) is 16.4. The Morgan fingerprint density at radius 3 is 2.35 bits per heavy atom. The van der Waals surface area contributed by atoms with Crippen LogP contribution in [0.5, 0.6) is 0 Å². The molecule has 2 aromatic rings. The molecule has 4 nitrogen and oxygen atoms in total. The largest absolute Gasteiger partial charge is 0.444 e. The van der Waals surface area contributed by atoms with Crippen molar-refractivity contribution in [3.63, 3.8) is 0 Å². The van der Waals surface area contributed by atoms with E-state index in [9.17, 15) is 18.0 Å². The van der Waals surface area contributed by atoms with Crippen molar-refractivity contribution in [2.75, 3.05) is 13.1 Å². The van der Waals surface area contributed by atoms with E-state index in [2.05, 4.69) is 4.98 Å². The maximum absolute atomic E-state index is 12.5. The number of carbonyl (C=O) groups excluding carboxylic acids is 1. The third-order valence-electron chi connectivity index (χ3n) is 3.83. The summed E-state index contributed by atoms with van der Waals surface area (Å²) in [5, 5.41) is 0. The van der Waals surface area contributed by atoms with Gasteiger partial charge in [-0.15, -0.1) is 0 Å². The van der Waals surface area contributed by atoms with E-state index in [1.165, 1.54) is 18.4 Å². The molecule has 1 aliphatic rings. The molecule has 1 amide bonds. The summed E-state index contributed by atoms with van der Waals surface area (Å²) in [5.74, 6) is -0.0642. The van der Waals surface area contributed by atoms with Crippen molar-refractivity contribution in [3.8, 4) is 11.5 Å². The van der Waals surface area contributed by atoms with E-state index in [1.807, 2.05) is 0 Å². The van der Waals surface area contributed by atoms with Crippen LogP contribution in [0.1, 0.15) is 35.3 Å². The maximum Gasteiger partial charge on any atom is 0.416 e. The van der Waals surface area contributed by atoms with Crippen LogP contribution in [-0.4, -0.2) is 28.9 Å². The lowest BCUT2D eigenvalue weighted by atomic mass is 10.1. The van der Waals surface area contributed by atoms with Gasteiger partial charge in [-0.1, -0.05) is 0 Å². The average molecular weight is 324 g/mol. The van der Waals surface area contributed by atoms with Crippen molar-refractivity contribution in [2.24, 2.45) is 0 Å². The number of amides is 1. The molecular weight excluding hydrogens is 309 g/mol. The Morgan fingerprint density at radius 1 is 1.09 bits per heavy atom. The molecule has 2 heterocycles. The first-order valence-electron chi connectivity index (χ1n) is 7.37. The minimum atomic E-state index is -4.38. The number of aromatic nitrogens is 1. The van der Waals surface area contributed by atoms with Crippen molar-refractivity contribution in [2.45, 2.75) is 25.4 Å². The van der Waals surface area contributed by atoms with E-state index in [-0.39, 0.29) is 17.5 Å². The van der Waals surface area contributed by atoms with Gasteiger partial charge in [-0.2, -0.15) is 13.2 Å². The van der Waals surface area contributed by atoms with E-state index in [0.717, 1.165) is 31.4 Å². The second-order valence-electron chi connectivity index (χ2n) is 5.47. The fraction of sp³-hybridized carbons (Fsp3) is 0.375. The third kappa shape index (κ3) is 3.38. The average Bonchev–Trinajstić information content (AvgIpc) is 3.04. The zero-order valence-electron chi connectivity index (χ0n) is 12.3. The van der Waals surface area contributed by atoms with Crippen LogP contribution < -0.4 is 0 Å². The Kier molecular flexibility index (Phi) is 4.11. The first kappa shape index (κ1) is 15.6. The summed E-state index contributed by atoms with van der Waals surface area (Å²) in [4.78, 5) is 18.1. The lowest BCUT2D eigenvalue weighted by molar-refractivity contribution is -0.137. The molecular formula is C16H15F3N2O2. The summed E-state index contributed by atoms with van der Waals surface area (Å²) >= 11 is 0. The van der Waals surface area contributed by atoms with Gasteiger partial charge in [-0.05, 0) is 43.5 Å². The predicted octanol–water partition coefficient (Wildman–Crippen LogP) is 3.99. The number of hydrogen-bond acceptors (Lipinski definition) is 3. The second kappa shape index (κ2) is 6.06. The minimum Gasteiger partial charge on any atom is -0.444 e. The Labute approximate surface area is 130 Å². The minimum absolute atomic E-state index is 0.138. The third-order valence-corrected chi connectivity index (χ3v) is 3.83. The van der Waals surface area contributed by atoms with Crippen molar-refractivity contribution >= 4 is 5.91 Å². The van der Waals surface area contributed by atoms with Crippen molar-refractivity contribution in [1.82, 2.24) is 9.88 Å². The first-order chi connectivity index (χ1) is 10.9. The van der Waals surface area contributed by atoms with Crippen molar-refractivity contribution < 1.29 is 22.4 Å². The summed E-state index contributed by atoms with van der Waals surface area (Å²) < 4.78 is 42.9. The topological polar surface area (TPSA) is 46.3 Å². The highest BCUT2D eigenvalue weighted by molar-refractivity contribution is 5.92. The molecule has 122 valence electrons. The molecule has 1 saturated heterocycles. The summed E-state index contributed by atoms with van der Waals surface area (Å²) in [6.45, 7) is 1.39. The summed E-state index contributed by atoms with van der Waals surface area (Å²) in [6, 6.07) is 4.49. The molecule has 23 heavy (non-hydrogen) atoms. The second-order valence-corrected chi connectivity index (χ2v) is 5.47. The van der Waals surface area contributed by atoms with E-state index < -0.39 is 11.7 Å². The Balaban J connectivity index is 1.77. The highest BCUT2D eigenvalue weighted by atomic mass is 19.4. The lowest BCUT2D eigenvalue weighted by Gasteiger charge is -2.25. The van der Waals surface area contributed by atoms with E-state index in [4.69, 9.17) is 4.42 Å². The number of rotatable bonds is 2. The molecule has 1 aromatic heterocycles. The van der Waals surface area contributed by atoms with Gasteiger partial charge in [0.05, 0.1) is 5.56 Å². The molecule has 3 rings (SSSR count). The summed E-state index contributed by atoms with van der Waals surface area (Å²) in [7, 11) is 0. The SMILES string of the molecule is O=C(c1coc(-c2ccc(C(F)(F)F)cc2)n1)N1CCCCC1. The van der Waals surface area contributed by atoms with Crippen LogP contribution in [0.3, 0.4) is 0 Å². The number of halogens is 3. The first-order valence-corrected chi connectivity index (χ1v) is 7.37. The van der Waals surface area contributed by atoms with Gasteiger partial charge in [0, 0.05) is 18.7 Å². The van der Waals surface area contributed by atoms with Crippen LogP contribution in [0.15, 0.2) is 34.9 Å². The number of nitrogens with zero attached hydrogens (tertiary/aromatic N) is 2. The smallest absolute Gasteiger partial charge is 0.416 e. The van der Waals surface area contributed by atoms with Gasteiger partial charge < -0.3 is 9.32 Å². The maximum atomic E-state index is 12.5. The van der Waals surface area contributed by atoms with E-state index in [1.54, 1.807) is 4.90 Å². The van der Waals surface area contributed by atoms with Crippen LogP contribution in [0.2, 0.25) is 0 Å². The van der Waals surface area contributed by atoms with Crippen LogP contribution >= 0.6 is 0 Å². The van der Waals surface area contributed by atoms with Crippen LogP contribution in [0.4, 0.5) is 13.2 Å². The number of oxazole rings is 1. The molecule has 0 bridgehead atoms. The Morgan fingerprint density at radius 2 is 1.74 bits per heavy atom. The molecule has 0 saturated carbocycles. The fourth-order valence-electron chi connectivity index (χ4n) is 2.57. The number of carbonyl (C=O) groups is 1. The number of piperidine rings is 1. The molecule has 1 fully saturated rings. The lowest BCUT2D eigenvalue weighted by Crippen LogP contribution is -2.35. The number of benzene rings is 1. The highest BCUT2D eigenvalue weighted by Crippen LogP contribution is 2.30. The summed E-state index contributed by atoms with van der Waals surface area (Å²) in [6.07, 6.45) is -0.0848. The molecule has 0 unspecified atom stereocenters. The van der Waals surface area contributed by atoms with Crippen LogP contribution in [0.25, 0.3) is 11.5 Å². The van der Waals surface area contributed by atoms with Gasteiger partial charge in [0.15, 0.2) is 5.69 Å². The molecule has 0 N–H and O–H groups in total. The van der Waals surface area contributed by atoms with Crippen molar-refractivity contribution in [3.05, 3.63) is 41.8 Å². The quantitative estimate of drug-likeness (QED) is 0.839. The number of likely N-dealkylation sites (tertiary alicyclic amines) is 1. The van der Waals surface area contributed by atoms with Gasteiger partial charge in [0.2, 0.25) is 5.89 Å². The Hall–Kier alpha value is -2.31. The summed E-state index contributed by atoms with van der Waals surface area (Å²) in [5.41, 5.74) is -0.157. The van der Waals surface area contributed by atoms with E-state index >= 15 is 0 Å². The highest BCUT2D eigenvalue weighted by Gasteiger charge is 2.30. The molecule has 1 aromatic carbocycles. The van der Waals surface area contributed by atoms with Gasteiger partial charge in [0.25, 0.3) is 5.91 Å². The normalized spacial score (nSPS) is 15.7. The van der Waals surface area contributed by atoms with Crippen molar-refractivity contribution in [1.29, 1.82) is 0 Å². The Bertz CT molecular complexity index is 686. The van der Waals surface area contributed by atoms with Crippen LogP contribution in [-0.2, 0) is 6.18 Å². The number of alkyl halides is 3. The standard InChI is InChI=1S/C16H15F3N2O2/c17-16(18,19)12-6-4-11(5-7-12)14-20-13(10-23-14)15(22)21-8-2-1-3-9-21/h4-7,10H,1-3,8-9H2. The monoisotopic (exact) mass is 324 g/mol. The zero-order valence-corrected chi connectivity index (χ0v) is 12.3. The molecule has 1 aliphatic heterocycles. The molecule has 7 heteroatoms. The van der Waals surface area contributed by atoms with E-state index in [0.29, 0.717) is 18.7 Å². The van der Waals surface area contributed by atoms with Gasteiger partial charge in [-0.3, -0.25) is 4.79 Å². The van der Waals surface area contributed by atoms with Crippen LogP contribution in [0, 0.1) is 0 Å². The number of hydrogen-bond donors (Lipinski definition) is 0.